The molecule has 2 aromatic carbocycles. The molecule has 0 bridgehead atoms. The van der Waals surface area contributed by atoms with Crippen molar-refractivity contribution in [2.24, 2.45) is 0 Å². The number of fused-ring (bicyclic) bond motifs is 1. The van der Waals surface area contributed by atoms with Crippen LogP contribution in [-0.2, 0) is 11.3 Å². The SMILES string of the molecule is CCOc1cc(CN(C)CC(=O)Nc2cc3c(cc2Cl)OCCCO3)ccc1OC(F)F. The van der Waals surface area contributed by atoms with E-state index in [1.165, 1.54) is 6.07 Å². The molecule has 0 saturated heterocycles. The average Bonchev–Trinajstić information content (AvgIpc) is 2.95. The molecule has 0 fully saturated rings. The van der Waals surface area contributed by atoms with E-state index in [9.17, 15) is 13.6 Å². The molecule has 2 aromatic rings. The lowest BCUT2D eigenvalue weighted by Gasteiger charge is -2.19. The third-order valence-electron chi connectivity index (χ3n) is 4.50. The summed E-state index contributed by atoms with van der Waals surface area (Å²) in [5.41, 5.74) is 1.21. The van der Waals surface area contributed by atoms with Crippen molar-refractivity contribution in [1.29, 1.82) is 0 Å². The molecule has 0 aliphatic carbocycles. The van der Waals surface area contributed by atoms with Gasteiger partial charge in [-0.1, -0.05) is 17.7 Å². The first-order chi connectivity index (χ1) is 15.4. The summed E-state index contributed by atoms with van der Waals surface area (Å²) in [4.78, 5) is 14.3. The lowest BCUT2D eigenvalue weighted by Crippen LogP contribution is -2.30. The fourth-order valence-corrected chi connectivity index (χ4v) is 3.40. The summed E-state index contributed by atoms with van der Waals surface area (Å²) in [5, 5.41) is 3.13. The van der Waals surface area contributed by atoms with Gasteiger partial charge in [0.1, 0.15) is 0 Å². The first kappa shape index (κ1) is 23.9. The van der Waals surface area contributed by atoms with Gasteiger partial charge in [-0.25, -0.2) is 0 Å². The highest BCUT2D eigenvalue weighted by atomic mass is 35.5. The van der Waals surface area contributed by atoms with Crippen molar-refractivity contribution in [1.82, 2.24) is 4.90 Å². The van der Waals surface area contributed by atoms with Gasteiger partial charge in [0, 0.05) is 25.1 Å². The maximum atomic E-state index is 12.6. The van der Waals surface area contributed by atoms with Gasteiger partial charge in [0.15, 0.2) is 23.0 Å². The number of carbonyl (C=O) groups excluding carboxylic acids is 1. The highest BCUT2D eigenvalue weighted by molar-refractivity contribution is 6.34. The van der Waals surface area contributed by atoms with E-state index in [0.717, 1.165) is 12.0 Å². The van der Waals surface area contributed by atoms with Crippen LogP contribution in [0.5, 0.6) is 23.0 Å². The first-order valence-electron chi connectivity index (χ1n) is 10.1. The fourth-order valence-electron chi connectivity index (χ4n) is 3.19. The zero-order valence-corrected chi connectivity index (χ0v) is 18.6. The van der Waals surface area contributed by atoms with Crippen molar-refractivity contribution < 1.29 is 32.5 Å². The number of benzene rings is 2. The molecule has 1 N–H and O–H groups in total. The van der Waals surface area contributed by atoms with Crippen molar-refractivity contribution in [3.8, 4) is 23.0 Å². The molecular weight excluding hydrogens is 446 g/mol. The number of likely N-dealkylation sites (N-methyl/N-ethyl adjacent to an activating group) is 1. The highest BCUT2D eigenvalue weighted by Gasteiger charge is 2.17. The quantitative estimate of drug-likeness (QED) is 0.579. The fraction of sp³-hybridized carbons (Fsp3) is 0.409. The number of nitrogens with one attached hydrogen (secondary N) is 1. The third-order valence-corrected chi connectivity index (χ3v) is 4.81. The second kappa shape index (κ2) is 11.2. The second-order valence-electron chi connectivity index (χ2n) is 7.14. The van der Waals surface area contributed by atoms with Crippen LogP contribution in [0.1, 0.15) is 18.9 Å². The van der Waals surface area contributed by atoms with Crippen LogP contribution in [0.25, 0.3) is 0 Å². The van der Waals surface area contributed by atoms with E-state index in [1.807, 2.05) is 0 Å². The molecular formula is C22H25ClF2N2O5. The van der Waals surface area contributed by atoms with Gasteiger partial charge in [-0.3, -0.25) is 9.69 Å². The first-order valence-corrected chi connectivity index (χ1v) is 10.5. The molecule has 174 valence electrons. The van der Waals surface area contributed by atoms with Gasteiger partial charge in [0.25, 0.3) is 0 Å². The molecule has 0 saturated carbocycles. The Balaban J connectivity index is 1.61. The summed E-state index contributed by atoms with van der Waals surface area (Å²) in [5.74, 6) is 1.00. The highest BCUT2D eigenvalue weighted by Crippen LogP contribution is 2.37. The van der Waals surface area contributed by atoms with Crippen molar-refractivity contribution >= 4 is 23.2 Å². The summed E-state index contributed by atoms with van der Waals surface area (Å²) in [6, 6.07) is 7.97. The van der Waals surface area contributed by atoms with Gasteiger partial charge in [0.2, 0.25) is 5.91 Å². The summed E-state index contributed by atoms with van der Waals surface area (Å²) in [6.45, 7) is 0.637. The lowest BCUT2D eigenvalue weighted by atomic mass is 10.2. The van der Waals surface area contributed by atoms with E-state index < -0.39 is 6.61 Å². The minimum atomic E-state index is -2.94. The maximum Gasteiger partial charge on any atom is 0.387 e. The Bertz CT molecular complexity index is 945. The van der Waals surface area contributed by atoms with Gasteiger partial charge in [-0.05, 0) is 31.7 Å². The second-order valence-corrected chi connectivity index (χ2v) is 7.55. The zero-order chi connectivity index (χ0) is 23.1. The van der Waals surface area contributed by atoms with E-state index in [2.05, 4.69) is 10.1 Å². The zero-order valence-electron chi connectivity index (χ0n) is 17.8. The maximum absolute atomic E-state index is 12.6. The molecule has 32 heavy (non-hydrogen) atoms. The van der Waals surface area contributed by atoms with E-state index in [1.54, 1.807) is 43.1 Å². The summed E-state index contributed by atoms with van der Waals surface area (Å²) >= 11 is 6.28. The molecule has 3 rings (SSSR count). The van der Waals surface area contributed by atoms with Crippen molar-refractivity contribution in [3.63, 3.8) is 0 Å². The molecule has 10 heteroatoms. The van der Waals surface area contributed by atoms with Gasteiger partial charge < -0.3 is 24.3 Å². The molecule has 1 aliphatic rings. The van der Waals surface area contributed by atoms with Crippen LogP contribution in [0.3, 0.4) is 0 Å². The predicted octanol–water partition coefficient (Wildman–Crippen LogP) is 4.57. The van der Waals surface area contributed by atoms with Gasteiger partial charge >= 0.3 is 6.61 Å². The largest absolute Gasteiger partial charge is 0.490 e. The molecule has 0 atom stereocenters. The van der Waals surface area contributed by atoms with Crippen LogP contribution in [0.4, 0.5) is 14.5 Å². The number of carbonyl (C=O) groups is 1. The van der Waals surface area contributed by atoms with Crippen LogP contribution in [-0.4, -0.2) is 50.8 Å². The number of hydrogen-bond acceptors (Lipinski definition) is 6. The summed E-state index contributed by atoms with van der Waals surface area (Å²) < 4.78 is 46.2. The van der Waals surface area contributed by atoms with Crippen LogP contribution in [0.15, 0.2) is 30.3 Å². The predicted molar refractivity (Wildman–Crippen MR) is 116 cm³/mol. The van der Waals surface area contributed by atoms with E-state index in [4.69, 9.17) is 25.8 Å². The van der Waals surface area contributed by atoms with Gasteiger partial charge in [0.05, 0.1) is 37.1 Å². The Labute approximate surface area is 190 Å². The number of hydrogen-bond donors (Lipinski definition) is 1. The standard InChI is InChI=1S/C22H25ClF2N2O5/c1-3-29-18-9-14(5-6-17(18)32-22(24)25)12-27(2)13-21(28)26-16-11-20-19(10-15(16)23)30-7-4-8-31-20/h5-6,9-11,22H,3-4,7-8,12-13H2,1-2H3,(H,26,28). The van der Waals surface area contributed by atoms with Crippen LogP contribution >= 0.6 is 11.6 Å². The Kier molecular flexibility index (Phi) is 8.35. The third kappa shape index (κ3) is 6.61. The molecule has 0 radical (unpaired) electrons. The molecule has 0 aromatic heterocycles. The molecule has 0 spiro atoms. The molecule has 0 unspecified atom stereocenters. The van der Waals surface area contributed by atoms with Gasteiger partial charge in [-0.15, -0.1) is 0 Å². The number of halogens is 3. The van der Waals surface area contributed by atoms with E-state index in [0.29, 0.717) is 48.6 Å². The minimum Gasteiger partial charge on any atom is -0.490 e. The van der Waals surface area contributed by atoms with Crippen LogP contribution in [0.2, 0.25) is 5.02 Å². The van der Waals surface area contributed by atoms with Crippen LogP contribution in [0, 0.1) is 0 Å². The number of anilines is 1. The van der Waals surface area contributed by atoms with Crippen molar-refractivity contribution in [2.45, 2.75) is 26.5 Å². The van der Waals surface area contributed by atoms with E-state index >= 15 is 0 Å². The van der Waals surface area contributed by atoms with Crippen molar-refractivity contribution in [2.75, 3.05) is 38.7 Å². The summed E-state index contributed by atoms with van der Waals surface area (Å²) in [6.07, 6.45) is 0.763. The molecule has 1 amide bonds. The average molecular weight is 471 g/mol. The number of nitrogens with zero attached hydrogens (tertiary/aromatic N) is 1. The number of amides is 1. The number of rotatable bonds is 9. The Morgan fingerprint density at radius 2 is 1.91 bits per heavy atom. The number of alkyl halides is 2. The Hall–Kier alpha value is -2.78. The van der Waals surface area contributed by atoms with E-state index in [-0.39, 0.29) is 24.0 Å². The smallest absolute Gasteiger partial charge is 0.387 e. The lowest BCUT2D eigenvalue weighted by molar-refractivity contribution is -0.117. The molecule has 7 nitrogen and oxygen atoms in total. The van der Waals surface area contributed by atoms with Crippen molar-refractivity contribution in [3.05, 3.63) is 40.9 Å². The van der Waals surface area contributed by atoms with Crippen LogP contribution < -0.4 is 24.3 Å². The molecule has 1 heterocycles. The monoisotopic (exact) mass is 470 g/mol. The van der Waals surface area contributed by atoms with Gasteiger partial charge in [-0.2, -0.15) is 8.78 Å². The summed E-state index contributed by atoms with van der Waals surface area (Å²) in [7, 11) is 1.76. The Morgan fingerprint density at radius 3 is 2.59 bits per heavy atom. The number of ether oxygens (including phenoxy) is 4. The topological polar surface area (TPSA) is 69.3 Å². The normalized spacial score (nSPS) is 13.1. The Morgan fingerprint density at radius 1 is 1.19 bits per heavy atom. The minimum absolute atomic E-state index is 0.0324. The molecule has 1 aliphatic heterocycles.